The summed E-state index contributed by atoms with van der Waals surface area (Å²) in [7, 11) is -3.44. The number of benzene rings is 1. The molecule has 0 aliphatic heterocycles. The largest absolute Gasteiger partial charge is 0.330 e. The molecule has 1 saturated carbocycles. The van der Waals surface area contributed by atoms with Gasteiger partial charge in [0, 0.05) is 0 Å². The third-order valence-electron chi connectivity index (χ3n) is 3.42. The molecule has 5 heteroatoms. The molecule has 17 heavy (non-hydrogen) atoms. The van der Waals surface area contributed by atoms with Crippen LogP contribution in [0.15, 0.2) is 29.2 Å². The van der Waals surface area contributed by atoms with Gasteiger partial charge in [0.2, 0.25) is 0 Å². The topological polar surface area (TPSA) is 60.2 Å². The van der Waals surface area contributed by atoms with Gasteiger partial charge in [-0.05, 0) is 43.5 Å². The highest BCUT2D eigenvalue weighted by Gasteiger charge is 2.37. The van der Waals surface area contributed by atoms with E-state index in [2.05, 4.69) is 0 Å². The van der Waals surface area contributed by atoms with Crippen LogP contribution >= 0.6 is 0 Å². The van der Waals surface area contributed by atoms with Crippen LogP contribution in [-0.4, -0.2) is 20.2 Å². The van der Waals surface area contributed by atoms with E-state index < -0.39 is 20.9 Å². The van der Waals surface area contributed by atoms with E-state index in [0.29, 0.717) is 13.0 Å². The minimum Gasteiger partial charge on any atom is -0.330 e. The summed E-state index contributed by atoms with van der Waals surface area (Å²) in [6.07, 6.45) is 2.34. The van der Waals surface area contributed by atoms with Crippen molar-refractivity contribution in [3.05, 3.63) is 30.1 Å². The van der Waals surface area contributed by atoms with Crippen LogP contribution in [0.5, 0.6) is 0 Å². The highest BCUT2D eigenvalue weighted by Crippen LogP contribution is 2.34. The van der Waals surface area contributed by atoms with Crippen LogP contribution in [0, 0.1) is 11.7 Å². The van der Waals surface area contributed by atoms with Crippen molar-refractivity contribution >= 4 is 9.84 Å². The fourth-order valence-corrected chi connectivity index (χ4v) is 4.63. The predicted molar refractivity (Wildman–Crippen MR) is 63.8 cm³/mol. The Hall–Kier alpha value is -0.940. The molecule has 1 aliphatic rings. The lowest BCUT2D eigenvalue weighted by Gasteiger charge is -2.18. The number of nitrogens with two attached hydrogens (primary N) is 1. The summed E-state index contributed by atoms with van der Waals surface area (Å²) in [4.78, 5) is 0.0721. The van der Waals surface area contributed by atoms with Crippen molar-refractivity contribution in [3.8, 4) is 0 Å². The monoisotopic (exact) mass is 257 g/mol. The van der Waals surface area contributed by atoms with E-state index in [0.717, 1.165) is 18.9 Å². The summed E-state index contributed by atoms with van der Waals surface area (Å²) in [5.74, 6) is -0.517. The highest BCUT2D eigenvalue weighted by atomic mass is 32.2. The molecule has 0 saturated heterocycles. The molecule has 0 amide bonds. The molecule has 2 atom stereocenters. The zero-order chi connectivity index (χ0) is 12.5. The van der Waals surface area contributed by atoms with E-state index in [1.165, 1.54) is 18.2 Å². The smallest absolute Gasteiger partial charge is 0.181 e. The summed E-state index contributed by atoms with van der Waals surface area (Å²) < 4.78 is 37.7. The van der Waals surface area contributed by atoms with Gasteiger partial charge in [-0.25, -0.2) is 12.8 Å². The number of sulfone groups is 1. The second-order valence-electron chi connectivity index (χ2n) is 4.47. The molecule has 1 aliphatic carbocycles. The van der Waals surface area contributed by atoms with Gasteiger partial charge in [0.05, 0.1) is 10.1 Å². The van der Waals surface area contributed by atoms with Crippen molar-refractivity contribution in [1.82, 2.24) is 0 Å². The molecule has 0 heterocycles. The van der Waals surface area contributed by atoms with E-state index in [1.54, 1.807) is 0 Å². The summed E-state index contributed by atoms with van der Waals surface area (Å²) in [5.41, 5.74) is 5.59. The fourth-order valence-electron chi connectivity index (χ4n) is 2.50. The first-order valence-corrected chi connectivity index (χ1v) is 7.30. The molecule has 2 N–H and O–H groups in total. The second-order valence-corrected chi connectivity index (χ2v) is 6.63. The van der Waals surface area contributed by atoms with Crippen molar-refractivity contribution in [3.63, 3.8) is 0 Å². The summed E-state index contributed by atoms with van der Waals surface area (Å²) in [6, 6.07) is 5.20. The summed E-state index contributed by atoms with van der Waals surface area (Å²) >= 11 is 0. The highest BCUT2D eigenvalue weighted by molar-refractivity contribution is 7.92. The molecule has 1 aromatic carbocycles. The zero-order valence-corrected chi connectivity index (χ0v) is 10.3. The van der Waals surface area contributed by atoms with Gasteiger partial charge in [-0.2, -0.15) is 0 Å². The molecule has 94 valence electrons. The third-order valence-corrected chi connectivity index (χ3v) is 5.74. The van der Waals surface area contributed by atoms with Gasteiger partial charge >= 0.3 is 0 Å². The minimum atomic E-state index is -3.44. The minimum absolute atomic E-state index is 0.00303. The Kier molecular flexibility index (Phi) is 3.49. The molecule has 1 fully saturated rings. The Morgan fingerprint density at radius 3 is 2.76 bits per heavy atom. The van der Waals surface area contributed by atoms with Crippen LogP contribution < -0.4 is 5.73 Å². The molecule has 0 aromatic heterocycles. The normalized spacial score (nSPS) is 25.1. The third kappa shape index (κ3) is 2.35. The van der Waals surface area contributed by atoms with Crippen LogP contribution in [0.3, 0.4) is 0 Å². The van der Waals surface area contributed by atoms with Crippen molar-refractivity contribution in [2.45, 2.75) is 29.4 Å². The standard InChI is InChI=1S/C12H16FNO2S/c13-10-4-2-5-11(7-10)17(15,16)12-6-1-3-9(12)8-14/h2,4-5,7,9,12H,1,3,6,8,14H2. The van der Waals surface area contributed by atoms with E-state index in [-0.39, 0.29) is 10.8 Å². The van der Waals surface area contributed by atoms with Gasteiger partial charge < -0.3 is 5.73 Å². The molecule has 3 nitrogen and oxygen atoms in total. The Bertz CT molecular complexity index is 501. The lowest BCUT2D eigenvalue weighted by Crippen LogP contribution is -2.30. The van der Waals surface area contributed by atoms with Gasteiger partial charge in [0.15, 0.2) is 9.84 Å². The lowest BCUT2D eigenvalue weighted by molar-refractivity contribution is 0.522. The quantitative estimate of drug-likeness (QED) is 0.897. The van der Waals surface area contributed by atoms with Crippen molar-refractivity contribution in [2.75, 3.05) is 6.54 Å². The van der Waals surface area contributed by atoms with E-state index in [9.17, 15) is 12.8 Å². The summed E-state index contributed by atoms with van der Waals surface area (Å²) in [5, 5.41) is -0.450. The number of hydrogen-bond donors (Lipinski definition) is 1. The summed E-state index contributed by atoms with van der Waals surface area (Å²) in [6.45, 7) is 0.374. The van der Waals surface area contributed by atoms with Crippen LogP contribution in [0.25, 0.3) is 0 Å². The maximum atomic E-state index is 13.1. The van der Waals surface area contributed by atoms with Gasteiger partial charge in [0.1, 0.15) is 5.82 Å². The maximum Gasteiger partial charge on any atom is 0.181 e. The van der Waals surface area contributed by atoms with Crippen LogP contribution in [0.4, 0.5) is 4.39 Å². The fraction of sp³-hybridized carbons (Fsp3) is 0.500. The molecule has 0 bridgehead atoms. The van der Waals surface area contributed by atoms with Crippen LogP contribution in [-0.2, 0) is 9.84 Å². The average molecular weight is 257 g/mol. The van der Waals surface area contributed by atoms with Crippen LogP contribution in [0.1, 0.15) is 19.3 Å². The van der Waals surface area contributed by atoms with Gasteiger partial charge in [-0.3, -0.25) is 0 Å². The van der Waals surface area contributed by atoms with Crippen molar-refractivity contribution < 1.29 is 12.8 Å². The SMILES string of the molecule is NCC1CCCC1S(=O)(=O)c1cccc(F)c1. The molecule has 0 radical (unpaired) electrons. The molecule has 1 aromatic rings. The molecule has 2 rings (SSSR count). The van der Waals surface area contributed by atoms with Gasteiger partial charge in [-0.15, -0.1) is 0 Å². The molecular formula is C12H16FNO2S. The number of hydrogen-bond acceptors (Lipinski definition) is 3. The van der Waals surface area contributed by atoms with Gasteiger partial charge in [-0.1, -0.05) is 12.5 Å². The van der Waals surface area contributed by atoms with Crippen molar-refractivity contribution in [1.29, 1.82) is 0 Å². The molecular weight excluding hydrogens is 241 g/mol. The Morgan fingerprint density at radius 2 is 2.12 bits per heavy atom. The van der Waals surface area contributed by atoms with Crippen LogP contribution in [0.2, 0.25) is 0 Å². The molecule has 2 unspecified atom stereocenters. The van der Waals surface area contributed by atoms with Crippen molar-refractivity contribution in [2.24, 2.45) is 11.7 Å². The predicted octanol–water partition coefficient (Wildman–Crippen LogP) is 1.73. The second kappa shape index (κ2) is 4.74. The number of halogens is 1. The van der Waals surface area contributed by atoms with Gasteiger partial charge in [0.25, 0.3) is 0 Å². The molecule has 0 spiro atoms. The number of rotatable bonds is 3. The lowest BCUT2D eigenvalue weighted by atomic mass is 10.1. The van der Waals surface area contributed by atoms with E-state index >= 15 is 0 Å². The zero-order valence-electron chi connectivity index (χ0n) is 9.47. The van der Waals surface area contributed by atoms with E-state index in [1.807, 2.05) is 0 Å². The van der Waals surface area contributed by atoms with E-state index in [4.69, 9.17) is 5.73 Å². The first-order chi connectivity index (χ1) is 8.05. The average Bonchev–Trinajstić information content (AvgIpc) is 2.77. The first-order valence-electron chi connectivity index (χ1n) is 5.75. The maximum absolute atomic E-state index is 13.1. The Morgan fingerprint density at radius 1 is 1.35 bits per heavy atom. The Balaban J connectivity index is 2.36. The first kappa shape index (κ1) is 12.5. The Labute approximate surface area is 101 Å².